The Kier molecular flexibility index (Phi) is 4.38. The predicted molar refractivity (Wildman–Crippen MR) is 63.5 cm³/mol. The number of carbonyl (C=O) groups is 2. The molecule has 0 spiro atoms. The lowest BCUT2D eigenvalue weighted by Gasteiger charge is -2.12. The number of hydrogen-bond acceptors (Lipinski definition) is 4. The van der Waals surface area contributed by atoms with Crippen LogP contribution in [0.2, 0.25) is 0 Å². The van der Waals surface area contributed by atoms with Gasteiger partial charge in [-0.3, -0.25) is 9.79 Å². The van der Waals surface area contributed by atoms with E-state index < -0.39 is 5.54 Å². The summed E-state index contributed by atoms with van der Waals surface area (Å²) in [5.74, 6) is -0.0389. The number of nitrogens with zero attached hydrogens (tertiary/aromatic N) is 2. The van der Waals surface area contributed by atoms with Gasteiger partial charge in [-0.05, 0) is 25.2 Å². The van der Waals surface area contributed by atoms with Crippen LogP contribution in [0.1, 0.15) is 33.1 Å². The molecule has 0 aliphatic heterocycles. The Labute approximate surface area is 101 Å². The molecule has 0 aromatic heterocycles. The Balaban J connectivity index is 2.66. The molecule has 0 bridgehead atoms. The van der Waals surface area contributed by atoms with Crippen molar-refractivity contribution in [2.45, 2.75) is 38.6 Å². The highest BCUT2D eigenvalue weighted by Gasteiger charge is 2.45. The number of nitriles is 1. The number of hydrogen-bond donors (Lipinski definition) is 1. The molecule has 0 aromatic rings. The van der Waals surface area contributed by atoms with E-state index >= 15 is 0 Å². The van der Waals surface area contributed by atoms with Gasteiger partial charge in [-0.25, -0.2) is 0 Å². The summed E-state index contributed by atoms with van der Waals surface area (Å²) in [5, 5.41) is 11.6. The zero-order valence-electron chi connectivity index (χ0n) is 10.2. The summed E-state index contributed by atoms with van der Waals surface area (Å²) in [5.41, 5.74) is -0.329. The van der Waals surface area contributed by atoms with Crippen molar-refractivity contribution in [3.8, 4) is 6.07 Å². The highest BCUT2D eigenvalue weighted by molar-refractivity contribution is 6.39. The third-order valence-corrected chi connectivity index (χ3v) is 2.54. The summed E-state index contributed by atoms with van der Waals surface area (Å²) < 4.78 is 0. The molecule has 0 saturated heterocycles. The minimum Gasteiger partial charge on any atom is -0.333 e. The highest BCUT2D eigenvalue weighted by atomic mass is 16.2. The largest absolute Gasteiger partial charge is 0.333 e. The molecule has 17 heavy (non-hydrogen) atoms. The van der Waals surface area contributed by atoms with Crippen LogP contribution in [0.3, 0.4) is 0 Å². The van der Waals surface area contributed by atoms with E-state index in [1.807, 2.05) is 13.8 Å². The quantitative estimate of drug-likeness (QED) is 0.547. The van der Waals surface area contributed by atoms with Crippen LogP contribution in [0.4, 0.5) is 0 Å². The smallest absolute Gasteiger partial charge is 0.266 e. The third kappa shape index (κ3) is 3.99. The minimum atomic E-state index is -0.685. The van der Waals surface area contributed by atoms with Gasteiger partial charge in [0, 0.05) is 0 Å². The molecule has 5 heteroatoms. The zero-order chi connectivity index (χ0) is 12.9. The van der Waals surface area contributed by atoms with Crippen molar-refractivity contribution in [2.75, 3.05) is 6.54 Å². The summed E-state index contributed by atoms with van der Waals surface area (Å²) in [4.78, 5) is 26.1. The van der Waals surface area contributed by atoms with E-state index in [0.29, 0.717) is 31.3 Å². The van der Waals surface area contributed by atoms with Crippen molar-refractivity contribution in [2.24, 2.45) is 10.9 Å². The maximum absolute atomic E-state index is 11.9. The molecule has 1 aliphatic carbocycles. The van der Waals surface area contributed by atoms with Gasteiger partial charge < -0.3 is 10.1 Å². The fraction of sp³-hybridized carbons (Fsp3) is 0.667. The number of rotatable bonds is 6. The van der Waals surface area contributed by atoms with Crippen LogP contribution in [-0.2, 0) is 9.59 Å². The average Bonchev–Trinajstić information content (AvgIpc) is 3.04. The van der Waals surface area contributed by atoms with E-state index in [0.717, 1.165) is 0 Å². The van der Waals surface area contributed by atoms with Crippen LogP contribution in [0.15, 0.2) is 4.99 Å². The highest BCUT2D eigenvalue weighted by Crippen LogP contribution is 2.34. The van der Waals surface area contributed by atoms with Gasteiger partial charge in [0.05, 0.1) is 12.6 Å². The molecule has 0 atom stereocenters. The lowest BCUT2D eigenvalue weighted by Crippen LogP contribution is -2.40. The zero-order valence-corrected chi connectivity index (χ0v) is 10.2. The van der Waals surface area contributed by atoms with E-state index in [4.69, 9.17) is 5.26 Å². The van der Waals surface area contributed by atoms with Gasteiger partial charge in [-0.15, -0.1) is 0 Å². The van der Waals surface area contributed by atoms with Crippen molar-refractivity contribution in [1.82, 2.24) is 5.32 Å². The minimum absolute atomic E-state index is 0.00493. The van der Waals surface area contributed by atoms with Crippen molar-refractivity contribution in [3.63, 3.8) is 0 Å². The Bertz CT molecular complexity index is 376. The number of aliphatic imine (C=N–C) groups is 1. The van der Waals surface area contributed by atoms with Gasteiger partial charge in [0.15, 0.2) is 0 Å². The van der Waals surface area contributed by atoms with Gasteiger partial charge >= 0.3 is 0 Å². The molecular formula is C12H17N3O2. The molecule has 5 nitrogen and oxygen atoms in total. The number of nitrogens with one attached hydrogen (secondary N) is 1. The van der Waals surface area contributed by atoms with Gasteiger partial charge in [-0.2, -0.15) is 5.26 Å². The van der Waals surface area contributed by atoms with Crippen LogP contribution in [0.5, 0.6) is 0 Å². The normalized spacial score (nSPS) is 17.4. The SMILES string of the molecule is CC(C)CC(=NCC=O)C(=O)NC1(C#N)CC1. The monoisotopic (exact) mass is 235 g/mol. The molecule has 1 rings (SSSR count). The standard InChI is InChI=1S/C12H17N3O2/c1-9(2)7-10(14-5-6-16)11(17)15-12(8-13)3-4-12/h6,9H,3-5,7H2,1-2H3,(H,15,17). The Morgan fingerprint density at radius 3 is 2.65 bits per heavy atom. The second-order valence-corrected chi connectivity index (χ2v) is 4.70. The molecule has 0 radical (unpaired) electrons. The van der Waals surface area contributed by atoms with E-state index in [1.54, 1.807) is 0 Å². The molecule has 1 N–H and O–H groups in total. The van der Waals surface area contributed by atoms with Crippen molar-refractivity contribution >= 4 is 17.9 Å². The Morgan fingerprint density at radius 2 is 2.24 bits per heavy atom. The summed E-state index contributed by atoms with van der Waals surface area (Å²) in [6, 6.07) is 2.09. The van der Waals surface area contributed by atoms with E-state index in [1.165, 1.54) is 0 Å². The van der Waals surface area contributed by atoms with Crippen LogP contribution < -0.4 is 5.32 Å². The van der Waals surface area contributed by atoms with Crippen LogP contribution in [0, 0.1) is 17.2 Å². The lowest BCUT2D eigenvalue weighted by atomic mass is 10.1. The van der Waals surface area contributed by atoms with E-state index in [-0.39, 0.29) is 18.4 Å². The second-order valence-electron chi connectivity index (χ2n) is 4.70. The predicted octanol–water partition coefficient (Wildman–Crippen LogP) is 0.845. The van der Waals surface area contributed by atoms with Crippen LogP contribution >= 0.6 is 0 Å². The Hall–Kier alpha value is -1.70. The molecule has 92 valence electrons. The topological polar surface area (TPSA) is 82.3 Å². The van der Waals surface area contributed by atoms with Crippen molar-refractivity contribution in [1.29, 1.82) is 5.26 Å². The van der Waals surface area contributed by atoms with Gasteiger partial charge in [0.25, 0.3) is 5.91 Å². The summed E-state index contributed by atoms with van der Waals surface area (Å²) in [6.07, 6.45) is 2.56. The summed E-state index contributed by atoms with van der Waals surface area (Å²) in [7, 11) is 0. The number of carbonyl (C=O) groups excluding carboxylic acids is 2. The first-order valence-electron chi connectivity index (χ1n) is 5.74. The van der Waals surface area contributed by atoms with Crippen LogP contribution in [-0.4, -0.2) is 30.0 Å². The van der Waals surface area contributed by atoms with Gasteiger partial charge in [-0.1, -0.05) is 13.8 Å². The number of amides is 1. The van der Waals surface area contributed by atoms with Crippen molar-refractivity contribution < 1.29 is 9.59 Å². The second kappa shape index (κ2) is 5.58. The molecule has 0 heterocycles. The fourth-order valence-electron chi connectivity index (χ4n) is 1.44. The molecular weight excluding hydrogens is 218 g/mol. The molecule has 0 unspecified atom stereocenters. The van der Waals surface area contributed by atoms with E-state index in [2.05, 4.69) is 16.4 Å². The van der Waals surface area contributed by atoms with Crippen molar-refractivity contribution in [3.05, 3.63) is 0 Å². The average molecular weight is 235 g/mol. The summed E-state index contributed by atoms with van der Waals surface area (Å²) in [6.45, 7) is 3.94. The maximum Gasteiger partial charge on any atom is 0.266 e. The number of aldehydes is 1. The third-order valence-electron chi connectivity index (χ3n) is 2.54. The molecule has 1 fully saturated rings. The molecule has 1 amide bonds. The van der Waals surface area contributed by atoms with Crippen LogP contribution in [0.25, 0.3) is 0 Å². The van der Waals surface area contributed by atoms with Gasteiger partial charge in [0.1, 0.15) is 17.5 Å². The molecule has 1 saturated carbocycles. The first-order chi connectivity index (χ1) is 8.03. The maximum atomic E-state index is 11.9. The first kappa shape index (κ1) is 13.4. The first-order valence-corrected chi connectivity index (χ1v) is 5.74. The molecule has 0 aromatic carbocycles. The summed E-state index contributed by atoms with van der Waals surface area (Å²) >= 11 is 0. The van der Waals surface area contributed by atoms with Gasteiger partial charge in [0.2, 0.25) is 0 Å². The Morgan fingerprint density at radius 1 is 1.59 bits per heavy atom. The lowest BCUT2D eigenvalue weighted by molar-refractivity contribution is -0.115. The molecule has 1 aliphatic rings. The van der Waals surface area contributed by atoms with E-state index in [9.17, 15) is 9.59 Å². The fourth-order valence-corrected chi connectivity index (χ4v) is 1.44.